The molecule has 0 aromatic heterocycles. The number of methoxy groups -OCH3 is 1. The topological polar surface area (TPSA) is 61.5 Å². The largest absolute Gasteiger partial charge is 0.495 e. The second kappa shape index (κ2) is 6.64. The SMILES string of the molecule is CCC1CCC(OC(=O)c2ccc(OC)c(N)c2)CC1. The third kappa shape index (κ3) is 3.44. The highest BCUT2D eigenvalue weighted by Gasteiger charge is 2.23. The van der Waals surface area contributed by atoms with E-state index in [2.05, 4.69) is 6.92 Å². The summed E-state index contributed by atoms with van der Waals surface area (Å²) in [4.78, 5) is 12.1. The summed E-state index contributed by atoms with van der Waals surface area (Å²) < 4.78 is 10.6. The quantitative estimate of drug-likeness (QED) is 0.676. The standard InChI is InChI=1S/C16H23NO3/c1-3-11-4-7-13(8-5-11)20-16(18)12-6-9-15(19-2)14(17)10-12/h6,9-11,13H,3-5,7-8,17H2,1-2H3. The summed E-state index contributed by atoms with van der Waals surface area (Å²) in [5.41, 5.74) is 6.75. The first-order valence-corrected chi connectivity index (χ1v) is 7.28. The monoisotopic (exact) mass is 277 g/mol. The van der Waals surface area contributed by atoms with Crippen LogP contribution in [0.25, 0.3) is 0 Å². The number of anilines is 1. The molecule has 2 rings (SSSR count). The van der Waals surface area contributed by atoms with Crippen LogP contribution < -0.4 is 10.5 Å². The van der Waals surface area contributed by atoms with Crippen LogP contribution in [0, 0.1) is 5.92 Å². The van der Waals surface area contributed by atoms with Gasteiger partial charge in [0.25, 0.3) is 0 Å². The minimum absolute atomic E-state index is 0.0497. The zero-order valence-corrected chi connectivity index (χ0v) is 12.2. The molecule has 0 aliphatic heterocycles. The van der Waals surface area contributed by atoms with Crippen LogP contribution in [0.15, 0.2) is 18.2 Å². The number of hydrogen-bond acceptors (Lipinski definition) is 4. The Morgan fingerprint density at radius 2 is 2.00 bits per heavy atom. The van der Waals surface area contributed by atoms with Crippen LogP contribution in [-0.2, 0) is 4.74 Å². The summed E-state index contributed by atoms with van der Waals surface area (Å²) in [5, 5.41) is 0. The number of nitrogens with two attached hydrogens (primary N) is 1. The molecule has 0 heterocycles. The van der Waals surface area contributed by atoms with Gasteiger partial charge in [-0.1, -0.05) is 13.3 Å². The summed E-state index contributed by atoms with van der Waals surface area (Å²) in [6, 6.07) is 4.99. The molecule has 0 saturated heterocycles. The number of carbonyl (C=O) groups excluding carboxylic acids is 1. The number of nitrogen functional groups attached to an aromatic ring is 1. The van der Waals surface area contributed by atoms with E-state index < -0.39 is 0 Å². The van der Waals surface area contributed by atoms with Crippen molar-refractivity contribution in [3.63, 3.8) is 0 Å². The summed E-state index contributed by atoms with van der Waals surface area (Å²) in [6.07, 6.45) is 5.51. The number of carbonyl (C=O) groups is 1. The average molecular weight is 277 g/mol. The Morgan fingerprint density at radius 3 is 2.55 bits per heavy atom. The molecule has 1 aliphatic rings. The highest BCUT2D eigenvalue weighted by atomic mass is 16.5. The zero-order chi connectivity index (χ0) is 14.5. The normalized spacial score (nSPS) is 22.3. The van der Waals surface area contributed by atoms with Crippen molar-refractivity contribution in [1.29, 1.82) is 0 Å². The fourth-order valence-corrected chi connectivity index (χ4v) is 2.74. The summed E-state index contributed by atoms with van der Waals surface area (Å²) in [7, 11) is 1.55. The molecule has 1 saturated carbocycles. The molecule has 0 spiro atoms. The van der Waals surface area contributed by atoms with Crippen molar-refractivity contribution in [1.82, 2.24) is 0 Å². The third-order valence-corrected chi connectivity index (χ3v) is 4.11. The molecule has 1 aromatic carbocycles. The van der Waals surface area contributed by atoms with E-state index in [4.69, 9.17) is 15.2 Å². The predicted octanol–water partition coefficient (Wildman–Crippen LogP) is 3.40. The van der Waals surface area contributed by atoms with Gasteiger partial charge in [0.05, 0.1) is 18.4 Å². The molecule has 4 heteroatoms. The summed E-state index contributed by atoms with van der Waals surface area (Å²) in [5.74, 6) is 1.07. The number of rotatable bonds is 4. The van der Waals surface area contributed by atoms with Gasteiger partial charge in [0.1, 0.15) is 11.9 Å². The van der Waals surface area contributed by atoms with Crippen LogP contribution in [-0.4, -0.2) is 19.2 Å². The van der Waals surface area contributed by atoms with E-state index in [0.29, 0.717) is 17.0 Å². The Kier molecular flexibility index (Phi) is 4.88. The van der Waals surface area contributed by atoms with Crippen LogP contribution in [0.4, 0.5) is 5.69 Å². The lowest BCUT2D eigenvalue weighted by Crippen LogP contribution is -2.24. The number of hydrogen-bond donors (Lipinski definition) is 1. The van der Waals surface area contributed by atoms with Gasteiger partial charge in [0, 0.05) is 0 Å². The molecule has 110 valence electrons. The molecule has 2 N–H and O–H groups in total. The van der Waals surface area contributed by atoms with Crippen LogP contribution in [0.3, 0.4) is 0 Å². The first-order valence-electron chi connectivity index (χ1n) is 7.28. The van der Waals surface area contributed by atoms with E-state index in [1.165, 1.54) is 6.42 Å². The minimum atomic E-state index is -0.292. The van der Waals surface area contributed by atoms with Gasteiger partial charge in [-0.05, 0) is 49.8 Å². The molecule has 0 amide bonds. The van der Waals surface area contributed by atoms with Crippen molar-refractivity contribution in [2.75, 3.05) is 12.8 Å². The van der Waals surface area contributed by atoms with Gasteiger partial charge in [0.2, 0.25) is 0 Å². The molecule has 20 heavy (non-hydrogen) atoms. The van der Waals surface area contributed by atoms with E-state index in [1.54, 1.807) is 25.3 Å². The molecule has 4 nitrogen and oxygen atoms in total. The van der Waals surface area contributed by atoms with Gasteiger partial charge in [-0.15, -0.1) is 0 Å². The molecular formula is C16H23NO3. The second-order valence-corrected chi connectivity index (χ2v) is 5.41. The predicted molar refractivity (Wildman–Crippen MR) is 78.9 cm³/mol. The fourth-order valence-electron chi connectivity index (χ4n) is 2.74. The Labute approximate surface area is 120 Å². The average Bonchev–Trinajstić information content (AvgIpc) is 2.48. The Bertz CT molecular complexity index is 465. The first kappa shape index (κ1) is 14.7. The van der Waals surface area contributed by atoms with E-state index in [1.807, 2.05) is 0 Å². The van der Waals surface area contributed by atoms with Crippen LogP contribution in [0.2, 0.25) is 0 Å². The van der Waals surface area contributed by atoms with E-state index in [9.17, 15) is 4.79 Å². The first-order chi connectivity index (χ1) is 9.63. The maximum Gasteiger partial charge on any atom is 0.338 e. The number of benzene rings is 1. The zero-order valence-electron chi connectivity index (χ0n) is 12.2. The van der Waals surface area contributed by atoms with Crippen LogP contribution >= 0.6 is 0 Å². The van der Waals surface area contributed by atoms with Crippen LogP contribution in [0.1, 0.15) is 49.4 Å². The van der Waals surface area contributed by atoms with Gasteiger partial charge < -0.3 is 15.2 Å². The van der Waals surface area contributed by atoms with Gasteiger partial charge in [-0.2, -0.15) is 0 Å². The molecule has 1 aliphatic carbocycles. The van der Waals surface area contributed by atoms with Gasteiger partial charge in [-0.25, -0.2) is 4.79 Å². The molecule has 0 unspecified atom stereocenters. The van der Waals surface area contributed by atoms with Gasteiger partial charge in [0.15, 0.2) is 0 Å². The smallest absolute Gasteiger partial charge is 0.338 e. The maximum absolute atomic E-state index is 12.1. The van der Waals surface area contributed by atoms with Crippen molar-refractivity contribution in [2.24, 2.45) is 5.92 Å². The lowest BCUT2D eigenvalue weighted by Gasteiger charge is -2.27. The Morgan fingerprint density at radius 1 is 1.30 bits per heavy atom. The molecular weight excluding hydrogens is 254 g/mol. The van der Waals surface area contributed by atoms with Gasteiger partial charge >= 0.3 is 5.97 Å². The number of ether oxygens (including phenoxy) is 2. The van der Waals surface area contributed by atoms with Crippen molar-refractivity contribution >= 4 is 11.7 Å². The molecule has 1 aromatic rings. The van der Waals surface area contributed by atoms with Crippen molar-refractivity contribution in [3.05, 3.63) is 23.8 Å². The van der Waals surface area contributed by atoms with E-state index in [-0.39, 0.29) is 12.1 Å². The van der Waals surface area contributed by atoms with E-state index in [0.717, 1.165) is 31.6 Å². The second-order valence-electron chi connectivity index (χ2n) is 5.41. The van der Waals surface area contributed by atoms with Crippen molar-refractivity contribution in [3.8, 4) is 5.75 Å². The molecule has 0 atom stereocenters. The van der Waals surface area contributed by atoms with E-state index >= 15 is 0 Å². The summed E-state index contributed by atoms with van der Waals surface area (Å²) in [6.45, 7) is 2.22. The highest BCUT2D eigenvalue weighted by molar-refractivity contribution is 5.91. The third-order valence-electron chi connectivity index (χ3n) is 4.11. The highest BCUT2D eigenvalue weighted by Crippen LogP contribution is 2.29. The molecule has 1 fully saturated rings. The summed E-state index contributed by atoms with van der Waals surface area (Å²) >= 11 is 0. The fraction of sp³-hybridized carbons (Fsp3) is 0.562. The minimum Gasteiger partial charge on any atom is -0.495 e. The Hall–Kier alpha value is -1.71. The molecule has 0 radical (unpaired) electrons. The lowest BCUT2D eigenvalue weighted by molar-refractivity contribution is 0.0164. The van der Waals surface area contributed by atoms with Gasteiger partial charge in [-0.3, -0.25) is 0 Å². The molecule has 0 bridgehead atoms. The maximum atomic E-state index is 12.1. The van der Waals surface area contributed by atoms with Crippen molar-refractivity contribution in [2.45, 2.75) is 45.1 Å². The Balaban J connectivity index is 1.93. The van der Waals surface area contributed by atoms with Crippen LogP contribution in [0.5, 0.6) is 5.75 Å². The lowest BCUT2D eigenvalue weighted by atomic mass is 9.86. The van der Waals surface area contributed by atoms with Crippen molar-refractivity contribution < 1.29 is 14.3 Å². The number of esters is 1.